The normalized spacial score (nSPS) is 13.8. The Bertz CT molecular complexity index is 875. The van der Waals surface area contributed by atoms with Crippen molar-refractivity contribution >= 4 is 17.5 Å². The topological polar surface area (TPSA) is 78.9 Å². The van der Waals surface area contributed by atoms with Gasteiger partial charge in [-0.05, 0) is 35.7 Å². The second kappa shape index (κ2) is 7.41. The minimum atomic E-state index is -0.462. The molecule has 6 nitrogen and oxygen atoms in total. The molecule has 1 heterocycles. The van der Waals surface area contributed by atoms with Crippen LogP contribution in [-0.2, 0) is 9.59 Å². The lowest BCUT2D eigenvalue weighted by Crippen LogP contribution is -2.34. The zero-order chi connectivity index (χ0) is 18.7. The van der Waals surface area contributed by atoms with E-state index >= 15 is 0 Å². The van der Waals surface area contributed by atoms with Crippen molar-refractivity contribution in [2.24, 2.45) is 0 Å². The number of nitrogens with zero attached hydrogens (tertiary/aromatic N) is 1. The summed E-state index contributed by atoms with van der Waals surface area (Å²) in [6.07, 6.45) is 1.23. The highest BCUT2D eigenvalue weighted by atomic mass is 16.5. The van der Waals surface area contributed by atoms with Crippen molar-refractivity contribution in [2.45, 2.75) is 6.92 Å². The summed E-state index contributed by atoms with van der Waals surface area (Å²) in [6, 6.07) is 13.7. The average molecular weight is 352 g/mol. The fourth-order valence-electron chi connectivity index (χ4n) is 2.94. The number of methoxy groups -OCH3 is 1. The smallest absolute Gasteiger partial charge is 0.277 e. The third-order valence-corrected chi connectivity index (χ3v) is 4.23. The Labute approximate surface area is 151 Å². The fourth-order valence-corrected chi connectivity index (χ4v) is 2.94. The van der Waals surface area contributed by atoms with E-state index in [1.165, 1.54) is 6.08 Å². The van der Waals surface area contributed by atoms with Gasteiger partial charge in [0.05, 0.1) is 25.9 Å². The quantitative estimate of drug-likeness (QED) is 0.780. The van der Waals surface area contributed by atoms with E-state index in [-0.39, 0.29) is 18.8 Å². The first-order valence-electron chi connectivity index (χ1n) is 8.24. The number of hydrogen-bond acceptors (Lipinski definition) is 5. The predicted octanol–water partition coefficient (Wildman–Crippen LogP) is 2.33. The number of aliphatic hydroxyl groups is 1. The van der Waals surface area contributed by atoms with E-state index < -0.39 is 11.8 Å². The maximum absolute atomic E-state index is 12.3. The Balaban J connectivity index is 1.92. The zero-order valence-electron chi connectivity index (χ0n) is 14.7. The lowest BCUT2D eigenvalue weighted by atomic mass is 9.99. The molecule has 1 aliphatic rings. The van der Waals surface area contributed by atoms with E-state index in [4.69, 9.17) is 9.84 Å². The van der Waals surface area contributed by atoms with Crippen molar-refractivity contribution in [3.63, 3.8) is 0 Å². The minimum Gasteiger partial charge on any atom is -0.495 e. The summed E-state index contributed by atoms with van der Waals surface area (Å²) in [6.45, 7) is 1.68. The summed E-state index contributed by atoms with van der Waals surface area (Å²) in [5.41, 5.74) is 3.86. The number of benzene rings is 2. The van der Waals surface area contributed by atoms with Crippen LogP contribution in [0.5, 0.6) is 5.75 Å². The molecule has 1 aliphatic heterocycles. The van der Waals surface area contributed by atoms with Crippen molar-refractivity contribution in [3.05, 3.63) is 59.8 Å². The fraction of sp³-hybridized carbons (Fsp3) is 0.200. The van der Waals surface area contributed by atoms with Crippen LogP contribution in [0.1, 0.15) is 5.56 Å². The number of amides is 2. The Morgan fingerprint density at radius 1 is 1.15 bits per heavy atom. The first-order valence-corrected chi connectivity index (χ1v) is 8.24. The molecule has 3 rings (SSSR count). The maximum Gasteiger partial charge on any atom is 0.277 e. The predicted molar refractivity (Wildman–Crippen MR) is 98.7 cm³/mol. The summed E-state index contributed by atoms with van der Waals surface area (Å²) < 4.78 is 5.47. The molecule has 2 N–H and O–H groups in total. The van der Waals surface area contributed by atoms with Crippen LogP contribution in [0.2, 0.25) is 0 Å². The van der Waals surface area contributed by atoms with Gasteiger partial charge in [-0.1, -0.05) is 30.3 Å². The summed E-state index contributed by atoms with van der Waals surface area (Å²) in [5, 5.41) is 12.0. The summed E-state index contributed by atoms with van der Waals surface area (Å²) >= 11 is 0. The lowest BCUT2D eigenvalue weighted by Gasteiger charge is -2.17. The Morgan fingerprint density at radius 2 is 1.88 bits per heavy atom. The van der Waals surface area contributed by atoms with Crippen molar-refractivity contribution in [2.75, 3.05) is 25.6 Å². The van der Waals surface area contributed by atoms with Crippen LogP contribution < -0.4 is 10.1 Å². The number of anilines is 1. The van der Waals surface area contributed by atoms with Crippen LogP contribution in [0.15, 0.2) is 54.2 Å². The summed E-state index contributed by atoms with van der Waals surface area (Å²) in [5.74, 6) is -0.338. The molecule has 134 valence electrons. The minimum absolute atomic E-state index is 0.0253. The number of aliphatic hydroxyl groups excluding tert-OH is 1. The number of β-amino-alcohol motifs (C(OH)–C–C–N with tert-alkyl or cyclic N) is 1. The second-order valence-electron chi connectivity index (χ2n) is 5.94. The van der Waals surface area contributed by atoms with E-state index in [2.05, 4.69) is 5.32 Å². The molecule has 0 saturated carbocycles. The van der Waals surface area contributed by atoms with Crippen molar-refractivity contribution in [3.8, 4) is 16.9 Å². The molecule has 2 aromatic rings. The standard InChI is InChI=1S/C20H20N2O4/c1-13-10-16(21-17-12-19(24)22(8-9-23)20(17)25)18(26-2)11-15(13)14-6-4-3-5-7-14/h3-7,10-12,21,23H,8-9H2,1-2H3. The molecular weight excluding hydrogens is 332 g/mol. The highest BCUT2D eigenvalue weighted by Crippen LogP contribution is 2.35. The van der Waals surface area contributed by atoms with Gasteiger partial charge in [-0.15, -0.1) is 0 Å². The molecule has 0 spiro atoms. The summed E-state index contributed by atoms with van der Waals surface area (Å²) in [4.78, 5) is 25.2. The molecule has 0 radical (unpaired) electrons. The lowest BCUT2D eigenvalue weighted by molar-refractivity contribution is -0.137. The van der Waals surface area contributed by atoms with Gasteiger partial charge < -0.3 is 15.2 Å². The van der Waals surface area contributed by atoms with Gasteiger partial charge in [-0.25, -0.2) is 0 Å². The van der Waals surface area contributed by atoms with Crippen LogP contribution in [0.3, 0.4) is 0 Å². The molecule has 2 amide bonds. The average Bonchev–Trinajstić information content (AvgIpc) is 2.90. The first-order chi connectivity index (χ1) is 12.5. The molecule has 0 aliphatic carbocycles. The molecular formula is C20H20N2O4. The van der Waals surface area contributed by atoms with Gasteiger partial charge in [0.2, 0.25) is 0 Å². The van der Waals surface area contributed by atoms with Gasteiger partial charge in [-0.2, -0.15) is 0 Å². The molecule has 26 heavy (non-hydrogen) atoms. The third-order valence-electron chi connectivity index (χ3n) is 4.23. The van der Waals surface area contributed by atoms with Crippen molar-refractivity contribution < 1.29 is 19.4 Å². The number of nitrogens with one attached hydrogen (secondary N) is 1. The van der Waals surface area contributed by atoms with Gasteiger partial charge in [0.15, 0.2) is 0 Å². The van der Waals surface area contributed by atoms with Crippen LogP contribution in [0.25, 0.3) is 11.1 Å². The van der Waals surface area contributed by atoms with Gasteiger partial charge in [0, 0.05) is 6.08 Å². The van der Waals surface area contributed by atoms with Crippen molar-refractivity contribution in [1.82, 2.24) is 4.90 Å². The Hall–Kier alpha value is -3.12. The largest absolute Gasteiger partial charge is 0.495 e. The number of aryl methyl sites for hydroxylation is 1. The van der Waals surface area contributed by atoms with E-state index in [0.717, 1.165) is 21.6 Å². The van der Waals surface area contributed by atoms with Gasteiger partial charge in [0.25, 0.3) is 11.8 Å². The van der Waals surface area contributed by atoms with Crippen LogP contribution >= 0.6 is 0 Å². The van der Waals surface area contributed by atoms with Crippen LogP contribution in [0, 0.1) is 6.92 Å². The second-order valence-corrected chi connectivity index (χ2v) is 5.94. The van der Waals surface area contributed by atoms with Gasteiger partial charge in [-0.3, -0.25) is 14.5 Å². The Morgan fingerprint density at radius 3 is 2.54 bits per heavy atom. The maximum atomic E-state index is 12.3. The molecule has 6 heteroatoms. The number of ether oxygens (including phenoxy) is 1. The summed E-state index contributed by atoms with van der Waals surface area (Å²) in [7, 11) is 1.55. The highest BCUT2D eigenvalue weighted by Gasteiger charge is 2.31. The number of hydrogen-bond donors (Lipinski definition) is 2. The SMILES string of the molecule is COc1cc(-c2ccccc2)c(C)cc1NC1=CC(=O)N(CCO)C1=O. The van der Waals surface area contributed by atoms with Gasteiger partial charge in [0.1, 0.15) is 11.4 Å². The number of carbonyl (C=O) groups excluding carboxylic acids is 2. The highest BCUT2D eigenvalue weighted by molar-refractivity contribution is 6.17. The molecule has 0 atom stereocenters. The molecule has 0 aromatic heterocycles. The molecule has 0 fully saturated rings. The van der Waals surface area contributed by atoms with E-state index in [9.17, 15) is 9.59 Å². The van der Waals surface area contributed by atoms with Crippen LogP contribution in [0.4, 0.5) is 5.69 Å². The van der Waals surface area contributed by atoms with E-state index in [1.54, 1.807) is 7.11 Å². The number of imide groups is 1. The molecule has 2 aromatic carbocycles. The molecule has 0 unspecified atom stereocenters. The van der Waals surface area contributed by atoms with E-state index in [0.29, 0.717) is 11.4 Å². The molecule has 0 saturated heterocycles. The number of rotatable bonds is 6. The Kier molecular flexibility index (Phi) is 5.04. The van der Waals surface area contributed by atoms with Crippen LogP contribution in [-0.4, -0.2) is 42.1 Å². The third kappa shape index (κ3) is 3.32. The zero-order valence-corrected chi connectivity index (χ0v) is 14.7. The van der Waals surface area contributed by atoms with Gasteiger partial charge >= 0.3 is 0 Å². The number of carbonyl (C=O) groups is 2. The first kappa shape index (κ1) is 17.7. The molecule has 0 bridgehead atoms. The van der Waals surface area contributed by atoms with E-state index in [1.807, 2.05) is 49.4 Å². The van der Waals surface area contributed by atoms with Crippen molar-refractivity contribution in [1.29, 1.82) is 0 Å². The monoisotopic (exact) mass is 352 g/mol.